The third-order valence-electron chi connectivity index (χ3n) is 1.99. The van der Waals surface area contributed by atoms with Crippen molar-refractivity contribution in [2.75, 3.05) is 0 Å². The largest absolute Gasteiger partial charge is 0.462 e. The maximum Gasteiger partial charge on any atom is 0.311 e. The summed E-state index contributed by atoms with van der Waals surface area (Å²) in [5, 5.41) is 9.08. The van der Waals surface area contributed by atoms with E-state index >= 15 is 0 Å². The molecule has 0 heterocycles. The molecule has 1 N–H and O–H groups in total. The fraction of sp³-hybridized carbons (Fsp3) is 0.889. The Hall–Kier alpha value is -0.570. The van der Waals surface area contributed by atoms with Crippen LogP contribution in [0.4, 0.5) is 0 Å². The summed E-state index contributed by atoms with van der Waals surface area (Å²) in [5.41, 5.74) is 0. The normalized spacial score (nSPS) is 18.1. The zero-order chi connectivity index (χ0) is 9.72. The molecule has 0 amide bonds. The zero-order valence-electron chi connectivity index (χ0n) is 8.20. The molecule has 0 aliphatic carbocycles. The molecule has 1 unspecified atom stereocenters. The first-order valence-electron chi connectivity index (χ1n) is 4.37. The first-order chi connectivity index (χ1) is 5.49. The van der Waals surface area contributed by atoms with Gasteiger partial charge in [-0.3, -0.25) is 4.79 Å². The minimum absolute atomic E-state index is 0.0568. The van der Waals surface area contributed by atoms with Crippen LogP contribution in [0.5, 0.6) is 0 Å². The summed E-state index contributed by atoms with van der Waals surface area (Å²) in [6.07, 6.45) is 0.110. The summed E-state index contributed by atoms with van der Waals surface area (Å²) in [4.78, 5) is 11.2. The van der Waals surface area contributed by atoms with E-state index in [0.717, 1.165) is 6.42 Å². The summed E-state index contributed by atoms with van der Waals surface area (Å²) in [5.74, 6) is -0.752. The van der Waals surface area contributed by atoms with Crippen molar-refractivity contribution < 1.29 is 14.6 Å². The average Bonchev–Trinajstić information content (AvgIpc) is 2.02. The molecule has 3 atom stereocenters. The number of ether oxygens (including phenoxy) is 1. The van der Waals surface area contributed by atoms with E-state index in [2.05, 4.69) is 0 Å². The van der Waals surface area contributed by atoms with E-state index in [4.69, 9.17) is 9.84 Å². The Labute approximate surface area is 73.7 Å². The Kier molecular flexibility index (Phi) is 4.90. The van der Waals surface area contributed by atoms with Gasteiger partial charge in [-0.05, 0) is 27.2 Å². The van der Waals surface area contributed by atoms with Crippen molar-refractivity contribution in [3.8, 4) is 0 Å². The van der Waals surface area contributed by atoms with Crippen LogP contribution >= 0.6 is 0 Å². The van der Waals surface area contributed by atoms with E-state index in [9.17, 15) is 4.79 Å². The van der Waals surface area contributed by atoms with E-state index in [1.54, 1.807) is 13.8 Å². The standard InChI is InChI=1S/C9H18O3/c1-5-6(2)12-9(11)7(3)8(4)10/h6-8,10H,5H2,1-4H3/t6?,7-,8+/m0/s1. The Morgan fingerprint density at radius 3 is 2.25 bits per heavy atom. The van der Waals surface area contributed by atoms with Gasteiger partial charge in [-0.25, -0.2) is 0 Å². The predicted octanol–water partition coefficient (Wildman–Crippen LogP) is 1.34. The molecule has 12 heavy (non-hydrogen) atoms. The minimum Gasteiger partial charge on any atom is -0.462 e. The second-order valence-corrected chi connectivity index (χ2v) is 3.19. The maximum absolute atomic E-state index is 11.2. The SMILES string of the molecule is CCC(C)OC(=O)[C@@H](C)[C@@H](C)O. The molecule has 3 heteroatoms. The lowest BCUT2D eigenvalue weighted by atomic mass is 10.1. The summed E-state index contributed by atoms with van der Waals surface area (Å²) in [6.45, 7) is 7.04. The van der Waals surface area contributed by atoms with Crippen molar-refractivity contribution in [2.24, 2.45) is 5.92 Å². The molecule has 0 rings (SSSR count). The number of aliphatic hydroxyl groups is 1. The average molecular weight is 174 g/mol. The highest BCUT2D eigenvalue weighted by molar-refractivity contribution is 5.72. The molecule has 0 aromatic carbocycles. The number of carbonyl (C=O) groups is 1. The highest BCUT2D eigenvalue weighted by atomic mass is 16.5. The topological polar surface area (TPSA) is 46.5 Å². The fourth-order valence-corrected chi connectivity index (χ4v) is 0.586. The second kappa shape index (κ2) is 5.14. The number of rotatable bonds is 4. The van der Waals surface area contributed by atoms with Crippen molar-refractivity contribution in [1.29, 1.82) is 0 Å². The van der Waals surface area contributed by atoms with Crippen LogP contribution < -0.4 is 0 Å². The lowest BCUT2D eigenvalue weighted by molar-refractivity contribution is -0.156. The first-order valence-corrected chi connectivity index (χ1v) is 4.37. The van der Waals surface area contributed by atoms with Crippen LogP contribution in [-0.2, 0) is 9.53 Å². The van der Waals surface area contributed by atoms with Crippen LogP contribution in [0.15, 0.2) is 0 Å². The van der Waals surface area contributed by atoms with E-state index in [-0.39, 0.29) is 12.1 Å². The maximum atomic E-state index is 11.2. The highest BCUT2D eigenvalue weighted by Crippen LogP contribution is 2.07. The number of hydrogen-bond acceptors (Lipinski definition) is 3. The van der Waals surface area contributed by atoms with E-state index < -0.39 is 12.0 Å². The van der Waals surface area contributed by atoms with Crippen LogP contribution in [0.3, 0.4) is 0 Å². The summed E-state index contributed by atoms with van der Waals surface area (Å²) in [6, 6.07) is 0. The lowest BCUT2D eigenvalue weighted by Crippen LogP contribution is -2.27. The van der Waals surface area contributed by atoms with Gasteiger partial charge in [0.1, 0.15) is 0 Å². The van der Waals surface area contributed by atoms with Gasteiger partial charge in [0.25, 0.3) is 0 Å². The van der Waals surface area contributed by atoms with Crippen molar-refractivity contribution in [2.45, 2.75) is 46.3 Å². The Morgan fingerprint density at radius 2 is 1.92 bits per heavy atom. The van der Waals surface area contributed by atoms with Crippen molar-refractivity contribution in [3.63, 3.8) is 0 Å². The Balaban J connectivity index is 3.87. The van der Waals surface area contributed by atoms with E-state index in [1.165, 1.54) is 0 Å². The molecule has 0 saturated carbocycles. The van der Waals surface area contributed by atoms with Gasteiger partial charge >= 0.3 is 5.97 Å². The molecule has 0 aliphatic heterocycles. The fourth-order valence-electron chi connectivity index (χ4n) is 0.586. The molecular weight excluding hydrogens is 156 g/mol. The Morgan fingerprint density at radius 1 is 1.42 bits per heavy atom. The van der Waals surface area contributed by atoms with Crippen LogP contribution in [-0.4, -0.2) is 23.3 Å². The molecule has 0 spiro atoms. The smallest absolute Gasteiger partial charge is 0.311 e. The van der Waals surface area contributed by atoms with Gasteiger partial charge in [0, 0.05) is 0 Å². The first kappa shape index (κ1) is 11.4. The van der Waals surface area contributed by atoms with Crippen LogP contribution in [0, 0.1) is 5.92 Å². The zero-order valence-corrected chi connectivity index (χ0v) is 8.20. The second-order valence-electron chi connectivity index (χ2n) is 3.19. The molecule has 0 radical (unpaired) electrons. The number of carbonyl (C=O) groups excluding carboxylic acids is 1. The van der Waals surface area contributed by atoms with Gasteiger partial charge in [-0.15, -0.1) is 0 Å². The van der Waals surface area contributed by atoms with E-state index in [1.807, 2.05) is 13.8 Å². The van der Waals surface area contributed by atoms with Gasteiger partial charge in [0.05, 0.1) is 18.1 Å². The van der Waals surface area contributed by atoms with Crippen molar-refractivity contribution in [3.05, 3.63) is 0 Å². The van der Waals surface area contributed by atoms with Gasteiger partial charge in [-0.2, -0.15) is 0 Å². The molecule has 0 saturated heterocycles. The van der Waals surface area contributed by atoms with Gasteiger partial charge < -0.3 is 9.84 Å². The number of hydrogen-bond donors (Lipinski definition) is 1. The van der Waals surface area contributed by atoms with Crippen LogP contribution in [0.1, 0.15) is 34.1 Å². The molecule has 0 fully saturated rings. The summed E-state index contributed by atoms with van der Waals surface area (Å²) in [7, 11) is 0. The quantitative estimate of drug-likeness (QED) is 0.654. The molecule has 72 valence electrons. The molecule has 3 nitrogen and oxygen atoms in total. The van der Waals surface area contributed by atoms with Crippen molar-refractivity contribution >= 4 is 5.97 Å². The highest BCUT2D eigenvalue weighted by Gasteiger charge is 2.20. The monoisotopic (exact) mass is 174 g/mol. The Bertz CT molecular complexity index is 143. The number of aliphatic hydroxyl groups excluding tert-OH is 1. The van der Waals surface area contributed by atoms with E-state index in [0.29, 0.717) is 0 Å². The summed E-state index contributed by atoms with van der Waals surface area (Å²) < 4.78 is 5.02. The predicted molar refractivity (Wildman–Crippen MR) is 46.7 cm³/mol. The minimum atomic E-state index is -0.637. The molecule has 0 bridgehead atoms. The van der Waals surface area contributed by atoms with Gasteiger partial charge in [0.2, 0.25) is 0 Å². The van der Waals surface area contributed by atoms with Crippen LogP contribution in [0.25, 0.3) is 0 Å². The number of esters is 1. The summed E-state index contributed by atoms with van der Waals surface area (Å²) >= 11 is 0. The van der Waals surface area contributed by atoms with Crippen LogP contribution in [0.2, 0.25) is 0 Å². The third kappa shape index (κ3) is 3.72. The van der Waals surface area contributed by atoms with Gasteiger partial charge in [0.15, 0.2) is 0 Å². The van der Waals surface area contributed by atoms with Gasteiger partial charge in [-0.1, -0.05) is 6.92 Å². The third-order valence-corrected chi connectivity index (χ3v) is 1.99. The van der Waals surface area contributed by atoms with Crippen molar-refractivity contribution in [1.82, 2.24) is 0 Å². The lowest BCUT2D eigenvalue weighted by Gasteiger charge is -2.16. The molecule has 0 aromatic rings. The molecule has 0 aromatic heterocycles. The molecule has 0 aliphatic rings. The molecular formula is C9H18O3.